The third kappa shape index (κ3) is 23.9. The number of aliphatic carboxylic acids is 1. The molecule has 1 unspecified atom stereocenters. The molecule has 9 nitrogen and oxygen atoms in total. The van der Waals surface area contributed by atoms with Gasteiger partial charge in [0.05, 0.1) is 19.8 Å². The molecule has 0 fully saturated rings. The smallest absolute Gasteiger partial charge is 0.747 e. The van der Waals surface area contributed by atoms with E-state index in [4.69, 9.17) is 9.47 Å². The van der Waals surface area contributed by atoms with E-state index in [1.807, 2.05) is 0 Å². The predicted octanol–water partition coefficient (Wildman–Crippen LogP) is -4.45. The second-order valence-electron chi connectivity index (χ2n) is 7.13. The van der Waals surface area contributed by atoms with Gasteiger partial charge in [-0.2, -0.15) is 0 Å². The number of unbranched alkanes of at least 4 members (excludes halogenated alkanes) is 9. The molecule has 12 heteroatoms. The molecular formula is C20H36Na2O9S. The molecule has 0 radical (unpaired) electrons. The average Bonchev–Trinajstić information content (AvgIpc) is 2.67. The summed E-state index contributed by atoms with van der Waals surface area (Å²) in [5, 5.41) is 8.12. The van der Waals surface area contributed by atoms with Crippen LogP contribution in [0.25, 0.3) is 0 Å². The SMILES string of the molecule is CCCCCCCCCCCCOCCOCCOC(=O)C(CC(=O)[O-])S(=O)(=O)[O-].[Na+].[Na+]. The molecule has 0 aliphatic carbocycles. The van der Waals surface area contributed by atoms with E-state index < -0.39 is 33.7 Å². The van der Waals surface area contributed by atoms with Crippen LogP contribution in [0.5, 0.6) is 0 Å². The van der Waals surface area contributed by atoms with Gasteiger partial charge in [-0.1, -0.05) is 64.7 Å². The van der Waals surface area contributed by atoms with Gasteiger partial charge in [0.1, 0.15) is 16.7 Å². The van der Waals surface area contributed by atoms with Crippen molar-refractivity contribution in [2.45, 2.75) is 82.8 Å². The molecule has 0 amide bonds. The number of hydrogen-bond acceptors (Lipinski definition) is 9. The second kappa shape index (κ2) is 24.9. The van der Waals surface area contributed by atoms with E-state index in [9.17, 15) is 27.7 Å². The van der Waals surface area contributed by atoms with Crippen LogP contribution >= 0.6 is 0 Å². The Labute approximate surface area is 237 Å². The zero-order valence-corrected chi connectivity index (χ0v) is 24.8. The monoisotopic (exact) mass is 498 g/mol. The van der Waals surface area contributed by atoms with E-state index in [1.54, 1.807) is 0 Å². The minimum absolute atomic E-state index is 0. The molecular weight excluding hydrogens is 462 g/mol. The molecule has 0 spiro atoms. The fourth-order valence-corrected chi connectivity index (χ4v) is 3.41. The summed E-state index contributed by atoms with van der Waals surface area (Å²) in [5.74, 6) is -3.25. The van der Waals surface area contributed by atoms with Gasteiger partial charge in [-0.3, -0.25) is 4.79 Å². The fraction of sp³-hybridized carbons (Fsp3) is 0.900. The van der Waals surface area contributed by atoms with Crippen molar-refractivity contribution in [3.05, 3.63) is 0 Å². The first-order chi connectivity index (χ1) is 14.3. The van der Waals surface area contributed by atoms with Gasteiger partial charge in [-0.05, 0) is 6.42 Å². The van der Waals surface area contributed by atoms with E-state index >= 15 is 0 Å². The van der Waals surface area contributed by atoms with Crippen molar-refractivity contribution in [3.8, 4) is 0 Å². The summed E-state index contributed by atoms with van der Waals surface area (Å²) in [6.07, 6.45) is 11.3. The van der Waals surface area contributed by atoms with Crippen LogP contribution in [0.15, 0.2) is 0 Å². The Kier molecular flexibility index (Phi) is 29.0. The topological polar surface area (TPSA) is 142 Å². The van der Waals surface area contributed by atoms with Crippen LogP contribution in [0.4, 0.5) is 0 Å². The Balaban J connectivity index is -0.00000420. The summed E-state index contributed by atoms with van der Waals surface area (Å²) < 4.78 is 47.9. The standard InChI is InChI=1S/C20H38O9S.2Na/c1-2-3-4-5-6-7-8-9-10-11-12-27-13-14-28-15-16-29-20(23)18(17-19(21)22)30(24,25)26;;/h18H,2-17H2,1H3,(H,21,22)(H,24,25,26);;/q;2*+1/p-2. The van der Waals surface area contributed by atoms with Crippen molar-refractivity contribution >= 4 is 22.1 Å². The maximum atomic E-state index is 11.5. The second-order valence-corrected chi connectivity index (χ2v) is 8.69. The zero-order valence-electron chi connectivity index (χ0n) is 20.0. The first kappa shape index (κ1) is 37.3. The Hall–Kier alpha value is 0.770. The molecule has 0 aromatic carbocycles. The summed E-state index contributed by atoms with van der Waals surface area (Å²) >= 11 is 0. The number of rotatable bonds is 21. The van der Waals surface area contributed by atoms with Crippen LogP contribution in [0.3, 0.4) is 0 Å². The minimum atomic E-state index is -5.14. The number of ether oxygens (including phenoxy) is 3. The Morgan fingerprint density at radius 3 is 1.66 bits per heavy atom. The summed E-state index contributed by atoms with van der Waals surface area (Å²) in [6, 6.07) is 0. The van der Waals surface area contributed by atoms with E-state index in [0.29, 0.717) is 13.2 Å². The van der Waals surface area contributed by atoms with Crippen molar-refractivity contribution in [3.63, 3.8) is 0 Å². The summed E-state index contributed by atoms with van der Waals surface area (Å²) in [4.78, 5) is 21.9. The number of carbonyl (C=O) groups is 2. The van der Waals surface area contributed by atoms with Crippen molar-refractivity contribution in [2.75, 3.05) is 33.0 Å². The zero-order chi connectivity index (χ0) is 22.7. The normalized spacial score (nSPS) is 11.8. The Bertz CT molecular complexity index is 559. The van der Waals surface area contributed by atoms with E-state index in [-0.39, 0.29) is 78.9 Å². The first-order valence-corrected chi connectivity index (χ1v) is 12.2. The molecule has 0 bridgehead atoms. The van der Waals surface area contributed by atoms with Gasteiger partial charge >= 0.3 is 65.1 Å². The van der Waals surface area contributed by atoms with Gasteiger partial charge in [-0.15, -0.1) is 0 Å². The molecule has 0 aliphatic heterocycles. The van der Waals surface area contributed by atoms with Crippen molar-refractivity contribution in [1.82, 2.24) is 0 Å². The molecule has 0 saturated heterocycles. The van der Waals surface area contributed by atoms with E-state index in [1.165, 1.54) is 51.4 Å². The maximum Gasteiger partial charge on any atom is 1.00 e. The third-order valence-electron chi connectivity index (χ3n) is 4.45. The Morgan fingerprint density at radius 1 is 0.750 bits per heavy atom. The molecule has 0 aromatic heterocycles. The van der Waals surface area contributed by atoms with Gasteiger partial charge in [0.25, 0.3) is 0 Å². The number of carboxylic acid groups (broad SMARTS) is 1. The average molecular weight is 499 g/mol. The van der Waals surface area contributed by atoms with Crippen molar-refractivity contribution in [2.24, 2.45) is 0 Å². The predicted molar refractivity (Wildman–Crippen MR) is 108 cm³/mol. The van der Waals surface area contributed by atoms with Gasteiger partial charge in [-0.25, -0.2) is 8.42 Å². The molecule has 0 aromatic rings. The summed E-state index contributed by atoms with van der Waals surface area (Å²) in [5.41, 5.74) is 0. The van der Waals surface area contributed by atoms with Gasteiger partial charge in [0.15, 0.2) is 5.25 Å². The summed E-state index contributed by atoms with van der Waals surface area (Å²) in [6.45, 7) is 3.21. The number of esters is 1. The van der Waals surface area contributed by atoms with Gasteiger partial charge < -0.3 is 28.7 Å². The molecule has 1 atom stereocenters. The number of carboxylic acids is 1. The molecule has 178 valence electrons. The largest absolute Gasteiger partial charge is 1.00 e. The van der Waals surface area contributed by atoms with Crippen molar-refractivity contribution in [1.29, 1.82) is 0 Å². The van der Waals surface area contributed by atoms with Crippen LogP contribution < -0.4 is 64.2 Å². The molecule has 0 aliphatic rings. The quantitative estimate of drug-likeness (QED) is 0.0663. The van der Waals surface area contributed by atoms with Crippen LogP contribution in [0, 0.1) is 0 Å². The third-order valence-corrected chi connectivity index (χ3v) is 5.51. The number of carbonyl (C=O) groups excluding carboxylic acids is 2. The molecule has 0 saturated carbocycles. The summed E-state index contributed by atoms with van der Waals surface area (Å²) in [7, 11) is -5.14. The van der Waals surface area contributed by atoms with Gasteiger partial charge in [0.2, 0.25) is 0 Å². The molecule has 32 heavy (non-hydrogen) atoms. The van der Waals surface area contributed by atoms with E-state index in [0.717, 1.165) is 12.8 Å². The number of hydrogen-bond donors (Lipinski definition) is 0. The van der Waals surface area contributed by atoms with Crippen LogP contribution in [0.2, 0.25) is 0 Å². The van der Waals surface area contributed by atoms with Gasteiger partial charge in [0, 0.05) is 19.0 Å². The van der Waals surface area contributed by atoms with Crippen LogP contribution in [-0.4, -0.2) is 63.2 Å². The van der Waals surface area contributed by atoms with Crippen LogP contribution in [0.1, 0.15) is 77.6 Å². The molecule has 0 rings (SSSR count). The van der Waals surface area contributed by atoms with E-state index in [2.05, 4.69) is 11.7 Å². The maximum absolute atomic E-state index is 11.5. The van der Waals surface area contributed by atoms with Crippen LogP contribution in [-0.2, 0) is 33.9 Å². The minimum Gasteiger partial charge on any atom is -0.747 e. The Morgan fingerprint density at radius 2 is 1.19 bits per heavy atom. The fourth-order valence-electron chi connectivity index (χ4n) is 2.76. The molecule has 0 heterocycles. The first-order valence-electron chi connectivity index (χ1n) is 10.8. The molecule has 0 N–H and O–H groups in total. The van der Waals surface area contributed by atoms with Crippen molar-refractivity contribution < 1.29 is 101 Å².